The van der Waals surface area contributed by atoms with Crippen LogP contribution >= 0.6 is 0 Å². The summed E-state index contributed by atoms with van der Waals surface area (Å²) >= 11 is 0. The number of benzene rings is 2. The molecule has 2 heterocycles. The molecule has 3 aromatic rings. The quantitative estimate of drug-likeness (QED) is 0.746. The van der Waals surface area contributed by atoms with E-state index >= 15 is 0 Å². The number of nitrogens with one attached hydrogen (secondary N) is 1. The van der Waals surface area contributed by atoms with Crippen LogP contribution in [0, 0.1) is 5.92 Å². The fourth-order valence-electron chi connectivity index (χ4n) is 3.62. The number of aryl methyl sites for hydroxylation is 1. The number of para-hydroxylation sites is 2. The molecule has 3 N–H and O–H groups in total. The van der Waals surface area contributed by atoms with Crippen LogP contribution in [0.25, 0.3) is 22.4 Å². The first-order valence-corrected chi connectivity index (χ1v) is 9.29. The Morgan fingerprint density at radius 2 is 1.89 bits per heavy atom. The Morgan fingerprint density at radius 3 is 2.59 bits per heavy atom. The number of imidazole rings is 1. The van der Waals surface area contributed by atoms with Gasteiger partial charge in [-0.25, -0.2) is 4.98 Å². The molecule has 0 radical (unpaired) electrons. The van der Waals surface area contributed by atoms with Crippen molar-refractivity contribution in [3.05, 3.63) is 48.5 Å². The van der Waals surface area contributed by atoms with Crippen LogP contribution in [0.1, 0.15) is 12.8 Å². The summed E-state index contributed by atoms with van der Waals surface area (Å²) in [6.45, 7) is 1.36. The van der Waals surface area contributed by atoms with Crippen LogP contribution < -0.4 is 11.1 Å². The largest absolute Gasteiger partial charge is 0.381 e. The molecule has 27 heavy (non-hydrogen) atoms. The highest BCUT2D eigenvalue weighted by molar-refractivity contribution is 5.95. The molecular formula is C21H24N4O2. The standard InChI is InChI=1S/C21H24N4O2/c1-25-18-5-3-2-4-17(18)24-20(25)15-6-8-16(9-7-15)23-21(26)19(22)14-10-12-27-13-11-14/h2-9,14,19H,10-13,22H2,1H3,(H,23,26). The molecule has 1 atom stereocenters. The molecule has 1 aromatic heterocycles. The lowest BCUT2D eigenvalue weighted by Gasteiger charge is -2.26. The lowest BCUT2D eigenvalue weighted by Crippen LogP contribution is -2.43. The van der Waals surface area contributed by atoms with Crippen LogP contribution in [0.2, 0.25) is 0 Å². The van der Waals surface area contributed by atoms with Crippen molar-refractivity contribution in [2.45, 2.75) is 18.9 Å². The number of rotatable bonds is 4. The van der Waals surface area contributed by atoms with Crippen molar-refractivity contribution in [1.82, 2.24) is 9.55 Å². The lowest BCUT2D eigenvalue weighted by atomic mass is 9.92. The number of anilines is 1. The Labute approximate surface area is 158 Å². The van der Waals surface area contributed by atoms with Gasteiger partial charge in [0.15, 0.2) is 0 Å². The van der Waals surface area contributed by atoms with Crippen LogP contribution in [-0.2, 0) is 16.6 Å². The average Bonchev–Trinajstić information content (AvgIpc) is 3.05. The smallest absolute Gasteiger partial charge is 0.241 e. The molecule has 1 amide bonds. The van der Waals surface area contributed by atoms with E-state index in [1.165, 1.54) is 0 Å². The molecule has 0 saturated carbocycles. The van der Waals surface area contributed by atoms with E-state index in [1.54, 1.807) is 0 Å². The topological polar surface area (TPSA) is 82.2 Å². The van der Waals surface area contributed by atoms with Crippen LogP contribution in [0.5, 0.6) is 0 Å². The van der Waals surface area contributed by atoms with Gasteiger partial charge in [0.05, 0.1) is 17.1 Å². The first-order valence-electron chi connectivity index (χ1n) is 9.29. The number of amides is 1. The minimum atomic E-state index is -0.506. The number of hydrogen-bond donors (Lipinski definition) is 2. The van der Waals surface area contributed by atoms with Gasteiger partial charge in [0, 0.05) is 31.5 Å². The van der Waals surface area contributed by atoms with Gasteiger partial charge in [-0.05, 0) is 55.2 Å². The van der Waals surface area contributed by atoms with E-state index < -0.39 is 6.04 Å². The van der Waals surface area contributed by atoms with Crippen LogP contribution in [0.4, 0.5) is 5.69 Å². The highest BCUT2D eigenvalue weighted by Crippen LogP contribution is 2.25. The maximum atomic E-state index is 12.4. The SMILES string of the molecule is Cn1c(-c2ccc(NC(=O)C(N)C3CCOCC3)cc2)nc2ccccc21. The molecule has 6 heteroatoms. The Bertz CT molecular complexity index is 942. The summed E-state index contributed by atoms with van der Waals surface area (Å²) in [6.07, 6.45) is 1.67. The first-order chi connectivity index (χ1) is 13.1. The van der Waals surface area contributed by atoms with Gasteiger partial charge in [-0.15, -0.1) is 0 Å². The van der Waals surface area contributed by atoms with Crippen LogP contribution in [-0.4, -0.2) is 34.7 Å². The molecule has 0 spiro atoms. The highest BCUT2D eigenvalue weighted by atomic mass is 16.5. The van der Waals surface area contributed by atoms with Gasteiger partial charge >= 0.3 is 0 Å². The van der Waals surface area contributed by atoms with Crippen molar-refractivity contribution in [2.75, 3.05) is 18.5 Å². The van der Waals surface area contributed by atoms with Gasteiger partial charge in [0.2, 0.25) is 5.91 Å². The molecule has 1 aliphatic heterocycles. The monoisotopic (exact) mass is 364 g/mol. The van der Waals surface area contributed by atoms with E-state index in [2.05, 4.69) is 16.0 Å². The molecule has 1 saturated heterocycles. The Balaban J connectivity index is 1.48. The average molecular weight is 364 g/mol. The summed E-state index contributed by atoms with van der Waals surface area (Å²) in [4.78, 5) is 17.2. The van der Waals surface area contributed by atoms with Crippen LogP contribution in [0.3, 0.4) is 0 Å². The second kappa shape index (κ2) is 7.50. The number of carbonyl (C=O) groups excluding carboxylic acids is 1. The molecular weight excluding hydrogens is 340 g/mol. The normalized spacial score (nSPS) is 16.4. The number of hydrogen-bond acceptors (Lipinski definition) is 4. The maximum absolute atomic E-state index is 12.4. The third-order valence-electron chi connectivity index (χ3n) is 5.27. The summed E-state index contributed by atoms with van der Waals surface area (Å²) in [5, 5.41) is 2.93. The molecule has 6 nitrogen and oxygen atoms in total. The summed E-state index contributed by atoms with van der Waals surface area (Å²) in [7, 11) is 2.01. The van der Waals surface area contributed by atoms with E-state index in [1.807, 2.05) is 49.5 Å². The molecule has 0 aliphatic carbocycles. The summed E-state index contributed by atoms with van der Waals surface area (Å²) < 4.78 is 7.41. The van der Waals surface area contributed by atoms with Gasteiger partial charge in [0.25, 0.3) is 0 Å². The van der Waals surface area contributed by atoms with Crippen molar-refractivity contribution in [3.63, 3.8) is 0 Å². The van der Waals surface area contributed by atoms with Crippen LogP contribution in [0.15, 0.2) is 48.5 Å². The number of aromatic nitrogens is 2. The summed E-state index contributed by atoms with van der Waals surface area (Å²) in [5.74, 6) is 0.934. The van der Waals surface area contributed by atoms with Crippen molar-refractivity contribution >= 4 is 22.6 Å². The van der Waals surface area contributed by atoms with Gasteiger partial charge in [-0.1, -0.05) is 12.1 Å². The third-order valence-corrected chi connectivity index (χ3v) is 5.27. The van der Waals surface area contributed by atoms with Crippen molar-refractivity contribution in [1.29, 1.82) is 0 Å². The van der Waals surface area contributed by atoms with E-state index in [0.29, 0.717) is 13.2 Å². The lowest BCUT2D eigenvalue weighted by molar-refractivity contribution is -0.119. The fourth-order valence-corrected chi connectivity index (χ4v) is 3.62. The number of fused-ring (bicyclic) bond motifs is 1. The van der Waals surface area contributed by atoms with Gasteiger partial charge < -0.3 is 20.4 Å². The Kier molecular flexibility index (Phi) is 4.92. The van der Waals surface area contributed by atoms with Crippen molar-refractivity contribution < 1.29 is 9.53 Å². The predicted octanol–water partition coefficient (Wildman–Crippen LogP) is 2.93. The maximum Gasteiger partial charge on any atom is 0.241 e. The first kappa shape index (κ1) is 17.7. The van der Waals surface area contributed by atoms with Crippen molar-refractivity contribution in [2.24, 2.45) is 18.7 Å². The molecule has 1 unspecified atom stereocenters. The number of nitrogens with zero attached hydrogens (tertiary/aromatic N) is 2. The van der Waals surface area contributed by atoms with E-state index in [9.17, 15) is 4.79 Å². The van der Waals surface area contributed by atoms with Crippen molar-refractivity contribution in [3.8, 4) is 11.4 Å². The molecule has 140 valence electrons. The zero-order valence-electron chi connectivity index (χ0n) is 15.4. The van der Waals surface area contributed by atoms with E-state index in [4.69, 9.17) is 15.5 Å². The van der Waals surface area contributed by atoms with Gasteiger partial charge in [0.1, 0.15) is 5.82 Å². The Morgan fingerprint density at radius 1 is 1.19 bits per heavy atom. The highest BCUT2D eigenvalue weighted by Gasteiger charge is 2.26. The number of nitrogens with two attached hydrogens (primary N) is 1. The zero-order valence-corrected chi connectivity index (χ0v) is 15.4. The van der Waals surface area contributed by atoms with E-state index in [-0.39, 0.29) is 11.8 Å². The van der Waals surface area contributed by atoms with Gasteiger partial charge in [-0.2, -0.15) is 0 Å². The molecule has 0 bridgehead atoms. The minimum absolute atomic E-state index is 0.141. The minimum Gasteiger partial charge on any atom is -0.381 e. The summed E-state index contributed by atoms with van der Waals surface area (Å²) in [6, 6.07) is 15.3. The third kappa shape index (κ3) is 3.59. The Hall–Kier alpha value is -2.70. The number of carbonyl (C=O) groups is 1. The molecule has 4 rings (SSSR count). The zero-order chi connectivity index (χ0) is 18.8. The fraction of sp³-hybridized carbons (Fsp3) is 0.333. The molecule has 1 aliphatic rings. The second-order valence-corrected chi connectivity index (χ2v) is 7.03. The number of ether oxygens (including phenoxy) is 1. The van der Waals surface area contributed by atoms with E-state index in [0.717, 1.165) is 41.0 Å². The van der Waals surface area contributed by atoms with Gasteiger partial charge in [-0.3, -0.25) is 4.79 Å². The molecule has 2 aromatic carbocycles. The molecule has 1 fully saturated rings. The predicted molar refractivity (Wildman–Crippen MR) is 106 cm³/mol. The summed E-state index contributed by atoms with van der Waals surface area (Å²) in [5.41, 5.74) is 9.94. The second-order valence-electron chi connectivity index (χ2n) is 7.03.